The Balaban J connectivity index is 2.30. The molecule has 1 rings (SSSR count). The molecule has 108 valence electrons. The number of unbranched alkanes of at least 4 members (excludes halogenated alkanes) is 3. The zero-order valence-corrected chi connectivity index (χ0v) is 11.6. The van der Waals surface area contributed by atoms with Gasteiger partial charge in [0.1, 0.15) is 29.9 Å². The van der Waals surface area contributed by atoms with E-state index in [1.54, 1.807) is 0 Å². The second-order valence-electron chi connectivity index (χ2n) is 4.63. The largest absolute Gasteiger partial charge is 0.394 e. The van der Waals surface area contributed by atoms with Crippen LogP contribution in [0.2, 0.25) is 0 Å². The summed E-state index contributed by atoms with van der Waals surface area (Å²) < 4.78 is 5.40. The lowest BCUT2D eigenvalue weighted by molar-refractivity contribution is -0.0713. The summed E-state index contributed by atoms with van der Waals surface area (Å²) in [5.41, 5.74) is -0.521. The third kappa shape index (κ3) is 4.36. The van der Waals surface area contributed by atoms with Crippen molar-refractivity contribution in [2.24, 2.45) is 0 Å². The van der Waals surface area contributed by atoms with Crippen LogP contribution in [0.5, 0.6) is 0 Å². The molecule has 0 amide bonds. The molecule has 0 bridgehead atoms. The summed E-state index contributed by atoms with van der Waals surface area (Å²) >= 11 is 1.45. The number of hydrogen-bond donors (Lipinski definition) is 4. The molecule has 5 unspecified atom stereocenters. The monoisotopic (exact) mass is 280 g/mol. The zero-order chi connectivity index (χ0) is 13.5. The van der Waals surface area contributed by atoms with Crippen molar-refractivity contribution in [2.75, 3.05) is 12.4 Å². The predicted molar refractivity (Wildman–Crippen MR) is 70.4 cm³/mol. The minimum atomic E-state index is -1.15. The molecule has 1 aliphatic rings. The highest BCUT2D eigenvalue weighted by Crippen LogP contribution is 2.31. The van der Waals surface area contributed by atoms with Gasteiger partial charge in [-0.1, -0.05) is 26.2 Å². The van der Waals surface area contributed by atoms with E-state index in [-0.39, 0.29) is 0 Å². The van der Waals surface area contributed by atoms with Crippen LogP contribution in [0.1, 0.15) is 32.6 Å². The van der Waals surface area contributed by atoms with Crippen LogP contribution in [0.15, 0.2) is 0 Å². The summed E-state index contributed by atoms with van der Waals surface area (Å²) in [6.45, 7) is 1.66. The molecule has 1 saturated heterocycles. The number of ether oxygens (including phenoxy) is 1. The standard InChI is InChI=1S/C12H24O5S/c1-2-3-4-5-6-18-12-10(16)9(15)11(17-12)8(14)7-13/h8-16H,2-7H2,1H3. The Morgan fingerprint density at radius 3 is 2.50 bits per heavy atom. The molecule has 5 atom stereocenters. The number of thioether (sulfide) groups is 1. The Morgan fingerprint density at radius 1 is 1.17 bits per heavy atom. The van der Waals surface area contributed by atoms with Gasteiger partial charge in [-0.2, -0.15) is 0 Å². The van der Waals surface area contributed by atoms with E-state index in [2.05, 4.69) is 6.92 Å². The van der Waals surface area contributed by atoms with Gasteiger partial charge < -0.3 is 25.2 Å². The number of rotatable bonds is 8. The summed E-state index contributed by atoms with van der Waals surface area (Å²) in [6.07, 6.45) is 0.373. The van der Waals surface area contributed by atoms with E-state index in [0.717, 1.165) is 18.6 Å². The Labute approximate surface area is 112 Å². The van der Waals surface area contributed by atoms with Crippen LogP contribution in [0.4, 0.5) is 0 Å². The Morgan fingerprint density at radius 2 is 1.89 bits per heavy atom. The molecule has 6 heteroatoms. The first-order valence-electron chi connectivity index (χ1n) is 6.54. The Hall–Kier alpha value is 0.150. The van der Waals surface area contributed by atoms with Gasteiger partial charge in [-0.3, -0.25) is 0 Å². The van der Waals surface area contributed by atoms with Gasteiger partial charge in [-0.15, -0.1) is 11.8 Å². The van der Waals surface area contributed by atoms with Gasteiger partial charge in [0.2, 0.25) is 0 Å². The molecule has 0 aromatic rings. The molecule has 4 N–H and O–H groups in total. The van der Waals surface area contributed by atoms with Gasteiger partial charge in [0, 0.05) is 0 Å². The van der Waals surface area contributed by atoms with Crippen LogP contribution in [0.25, 0.3) is 0 Å². The molecule has 0 radical (unpaired) electrons. The smallest absolute Gasteiger partial charge is 0.132 e. The highest BCUT2D eigenvalue weighted by molar-refractivity contribution is 7.99. The molecule has 0 saturated carbocycles. The molecule has 0 aliphatic carbocycles. The summed E-state index contributed by atoms with van der Waals surface area (Å²) in [6, 6.07) is 0. The first kappa shape index (κ1) is 16.2. The highest BCUT2D eigenvalue weighted by atomic mass is 32.2. The quantitative estimate of drug-likeness (QED) is 0.472. The maximum absolute atomic E-state index is 9.79. The van der Waals surface area contributed by atoms with E-state index >= 15 is 0 Å². The van der Waals surface area contributed by atoms with Crippen LogP contribution < -0.4 is 0 Å². The third-order valence-electron chi connectivity index (χ3n) is 3.10. The normalized spacial score (nSPS) is 33.8. The molecule has 5 nitrogen and oxygen atoms in total. The lowest BCUT2D eigenvalue weighted by Crippen LogP contribution is -2.40. The first-order chi connectivity index (χ1) is 8.61. The van der Waals surface area contributed by atoms with Crippen molar-refractivity contribution in [1.82, 2.24) is 0 Å². The number of aliphatic hydroxyl groups is 4. The molecule has 1 aliphatic heterocycles. The van der Waals surface area contributed by atoms with Crippen molar-refractivity contribution < 1.29 is 25.2 Å². The zero-order valence-electron chi connectivity index (χ0n) is 10.7. The van der Waals surface area contributed by atoms with E-state index in [0.29, 0.717) is 0 Å². The Bertz CT molecular complexity index is 229. The van der Waals surface area contributed by atoms with Crippen molar-refractivity contribution in [3.63, 3.8) is 0 Å². The topological polar surface area (TPSA) is 90.2 Å². The lowest BCUT2D eigenvalue weighted by Gasteiger charge is -2.18. The van der Waals surface area contributed by atoms with Crippen molar-refractivity contribution >= 4 is 11.8 Å². The first-order valence-corrected chi connectivity index (χ1v) is 7.58. The van der Waals surface area contributed by atoms with Gasteiger partial charge in [0.05, 0.1) is 6.61 Å². The number of aliphatic hydroxyl groups excluding tert-OH is 4. The fraction of sp³-hybridized carbons (Fsp3) is 1.00. The van der Waals surface area contributed by atoms with Gasteiger partial charge in [0.25, 0.3) is 0 Å². The summed E-state index contributed by atoms with van der Waals surface area (Å²) in [5, 5.41) is 37.8. The van der Waals surface area contributed by atoms with E-state index in [4.69, 9.17) is 9.84 Å². The average Bonchev–Trinajstić information content (AvgIpc) is 2.66. The fourth-order valence-electron chi connectivity index (χ4n) is 1.96. The molecule has 1 fully saturated rings. The van der Waals surface area contributed by atoms with Crippen molar-refractivity contribution in [2.45, 2.75) is 62.5 Å². The van der Waals surface area contributed by atoms with Crippen molar-refractivity contribution in [3.05, 3.63) is 0 Å². The summed E-state index contributed by atoms with van der Waals surface area (Å²) in [5.74, 6) is 0.858. The lowest BCUT2D eigenvalue weighted by atomic mass is 10.1. The maximum atomic E-state index is 9.79. The highest BCUT2D eigenvalue weighted by Gasteiger charge is 2.45. The van der Waals surface area contributed by atoms with Crippen molar-refractivity contribution in [3.8, 4) is 0 Å². The van der Waals surface area contributed by atoms with Crippen LogP contribution in [-0.2, 0) is 4.74 Å². The summed E-state index contributed by atoms with van der Waals surface area (Å²) in [7, 11) is 0. The van der Waals surface area contributed by atoms with Crippen LogP contribution >= 0.6 is 11.8 Å². The van der Waals surface area contributed by atoms with Crippen LogP contribution in [0.3, 0.4) is 0 Å². The van der Waals surface area contributed by atoms with Crippen molar-refractivity contribution in [1.29, 1.82) is 0 Å². The van der Waals surface area contributed by atoms with Gasteiger partial charge in [-0.05, 0) is 12.2 Å². The molecule has 1 heterocycles. The molecule has 18 heavy (non-hydrogen) atoms. The minimum Gasteiger partial charge on any atom is -0.394 e. The molecule has 0 aromatic heterocycles. The van der Waals surface area contributed by atoms with E-state index in [9.17, 15) is 15.3 Å². The van der Waals surface area contributed by atoms with Crippen LogP contribution in [-0.4, -0.2) is 62.6 Å². The fourth-order valence-corrected chi connectivity index (χ4v) is 3.13. The van der Waals surface area contributed by atoms with Gasteiger partial charge in [0.15, 0.2) is 0 Å². The Kier molecular flexibility index (Phi) is 7.51. The maximum Gasteiger partial charge on any atom is 0.132 e. The molecular formula is C12H24O5S. The average molecular weight is 280 g/mol. The van der Waals surface area contributed by atoms with Gasteiger partial charge >= 0.3 is 0 Å². The second kappa shape index (κ2) is 8.35. The van der Waals surface area contributed by atoms with E-state index in [1.165, 1.54) is 24.6 Å². The molecule has 0 spiro atoms. The van der Waals surface area contributed by atoms with E-state index in [1.807, 2.05) is 0 Å². The number of hydrogen-bond acceptors (Lipinski definition) is 6. The van der Waals surface area contributed by atoms with E-state index < -0.39 is 36.5 Å². The van der Waals surface area contributed by atoms with Gasteiger partial charge in [-0.25, -0.2) is 0 Å². The molecular weight excluding hydrogens is 256 g/mol. The minimum absolute atomic E-state index is 0.484. The third-order valence-corrected chi connectivity index (χ3v) is 4.35. The summed E-state index contributed by atoms with van der Waals surface area (Å²) in [4.78, 5) is 0. The van der Waals surface area contributed by atoms with Crippen LogP contribution in [0, 0.1) is 0 Å². The predicted octanol–water partition coefficient (Wildman–Crippen LogP) is 0.0998. The SMILES string of the molecule is CCCCCCSC1OC(C(O)CO)C(O)C1O. The molecule has 0 aromatic carbocycles. The second-order valence-corrected chi connectivity index (χ2v) is 5.84.